The molecule has 1 aliphatic rings. The number of carbonyl (C=O) groups excluding carboxylic acids is 1. The normalized spacial score (nSPS) is 18.0. The first kappa shape index (κ1) is 17.9. The van der Waals surface area contributed by atoms with E-state index in [0.717, 1.165) is 30.8 Å². The number of hydrogen-bond acceptors (Lipinski definition) is 6. The van der Waals surface area contributed by atoms with Gasteiger partial charge in [-0.05, 0) is 37.2 Å². The van der Waals surface area contributed by atoms with Gasteiger partial charge < -0.3 is 14.0 Å². The third-order valence-corrected chi connectivity index (χ3v) is 4.27. The molecule has 0 radical (unpaired) electrons. The molecule has 1 atom stereocenters. The highest BCUT2D eigenvalue weighted by Crippen LogP contribution is 2.29. The van der Waals surface area contributed by atoms with Crippen LogP contribution in [0.1, 0.15) is 62.3 Å². The molecule has 6 heteroatoms. The van der Waals surface area contributed by atoms with Crippen molar-refractivity contribution in [3.63, 3.8) is 0 Å². The summed E-state index contributed by atoms with van der Waals surface area (Å²) >= 11 is 0. The number of nitrogens with zero attached hydrogens (tertiary/aromatic N) is 2. The molecular weight excluding hydrogens is 320 g/mol. The average molecular weight is 346 g/mol. The third kappa shape index (κ3) is 4.18. The largest absolute Gasteiger partial charge is 0.459 e. The van der Waals surface area contributed by atoms with Gasteiger partial charge in [0.2, 0.25) is 0 Å². The molecule has 3 rings (SSSR count). The maximum atomic E-state index is 12.7. The number of rotatable bonds is 5. The summed E-state index contributed by atoms with van der Waals surface area (Å²) in [6.45, 7) is 9.37. The molecule has 0 unspecified atom stereocenters. The number of pyridine rings is 1. The Bertz CT molecular complexity index is 755. The van der Waals surface area contributed by atoms with Gasteiger partial charge in [0.15, 0.2) is 0 Å². The molecule has 1 fully saturated rings. The van der Waals surface area contributed by atoms with Crippen molar-refractivity contribution >= 4 is 17.1 Å². The number of esters is 1. The summed E-state index contributed by atoms with van der Waals surface area (Å²) in [5, 5.41) is 4.84. The van der Waals surface area contributed by atoms with Crippen LogP contribution in [0.25, 0.3) is 11.1 Å². The minimum atomic E-state index is -0.365. The van der Waals surface area contributed by atoms with Crippen LogP contribution in [0.4, 0.5) is 0 Å². The van der Waals surface area contributed by atoms with E-state index in [-0.39, 0.29) is 24.1 Å². The number of hydrogen-bond donors (Lipinski definition) is 0. The quantitative estimate of drug-likeness (QED) is 0.768. The molecule has 0 aliphatic carbocycles. The third-order valence-electron chi connectivity index (χ3n) is 4.27. The predicted octanol–water partition coefficient (Wildman–Crippen LogP) is 3.71. The van der Waals surface area contributed by atoms with Crippen LogP contribution in [-0.2, 0) is 22.3 Å². The van der Waals surface area contributed by atoms with Gasteiger partial charge >= 0.3 is 5.97 Å². The van der Waals surface area contributed by atoms with E-state index in [4.69, 9.17) is 14.0 Å². The van der Waals surface area contributed by atoms with Crippen LogP contribution in [0.5, 0.6) is 0 Å². The monoisotopic (exact) mass is 346 g/mol. The smallest absolute Gasteiger partial charge is 0.339 e. The molecule has 0 aromatic carbocycles. The number of fused-ring (bicyclic) bond motifs is 1. The lowest BCUT2D eigenvalue weighted by atomic mass is 9.89. The SMILES string of the molecule is CCc1cc(C(=O)OC[C@H]2CCCO2)c2c(CC(C)(C)C)noc2n1. The van der Waals surface area contributed by atoms with E-state index >= 15 is 0 Å². The minimum Gasteiger partial charge on any atom is -0.459 e. The van der Waals surface area contributed by atoms with Crippen LogP contribution in [-0.4, -0.2) is 35.4 Å². The van der Waals surface area contributed by atoms with Gasteiger partial charge in [-0.1, -0.05) is 32.9 Å². The van der Waals surface area contributed by atoms with Gasteiger partial charge in [-0.25, -0.2) is 9.78 Å². The van der Waals surface area contributed by atoms with E-state index in [0.29, 0.717) is 29.5 Å². The molecule has 2 aromatic rings. The van der Waals surface area contributed by atoms with E-state index in [2.05, 4.69) is 30.9 Å². The Balaban J connectivity index is 1.92. The standard InChI is InChI=1S/C19H26N2O4/c1-5-12-9-14(18(22)24-11-13-7-6-8-23-13)16-15(10-19(2,3)4)21-25-17(16)20-12/h9,13H,5-8,10-11H2,1-4H3/t13-/m1/s1. The van der Waals surface area contributed by atoms with Gasteiger partial charge in [-0.2, -0.15) is 0 Å². The van der Waals surface area contributed by atoms with Gasteiger partial charge in [-0.15, -0.1) is 0 Å². The zero-order valence-electron chi connectivity index (χ0n) is 15.4. The highest BCUT2D eigenvalue weighted by molar-refractivity contribution is 6.03. The second kappa shape index (κ2) is 7.12. The molecule has 0 spiro atoms. The Morgan fingerprint density at radius 3 is 2.84 bits per heavy atom. The van der Waals surface area contributed by atoms with Crippen LogP contribution in [0.3, 0.4) is 0 Å². The summed E-state index contributed by atoms with van der Waals surface area (Å²) in [5.41, 5.74) is 2.45. The summed E-state index contributed by atoms with van der Waals surface area (Å²) in [6, 6.07) is 1.80. The lowest BCUT2D eigenvalue weighted by Gasteiger charge is -2.16. The molecule has 3 heterocycles. The molecule has 1 saturated heterocycles. The summed E-state index contributed by atoms with van der Waals surface area (Å²) in [6.07, 6.45) is 3.35. The van der Waals surface area contributed by atoms with E-state index in [1.165, 1.54) is 0 Å². The summed E-state index contributed by atoms with van der Waals surface area (Å²) < 4.78 is 16.5. The van der Waals surface area contributed by atoms with Crippen molar-refractivity contribution < 1.29 is 18.8 Å². The van der Waals surface area contributed by atoms with Crippen LogP contribution in [0.2, 0.25) is 0 Å². The highest BCUT2D eigenvalue weighted by atomic mass is 16.6. The molecule has 2 aromatic heterocycles. The molecule has 0 amide bonds. The lowest BCUT2D eigenvalue weighted by Crippen LogP contribution is -2.18. The van der Waals surface area contributed by atoms with Crippen molar-refractivity contribution in [1.82, 2.24) is 10.1 Å². The highest BCUT2D eigenvalue weighted by Gasteiger charge is 2.25. The average Bonchev–Trinajstić information content (AvgIpc) is 3.20. The Hall–Kier alpha value is -1.95. The Morgan fingerprint density at radius 1 is 1.40 bits per heavy atom. The first-order valence-corrected chi connectivity index (χ1v) is 8.94. The van der Waals surface area contributed by atoms with E-state index in [1.54, 1.807) is 6.07 Å². The van der Waals surface area contributed by atoms with Gasteiger partial charge in [-0.3, -0.25) is 0 Å². The number of aromatic nitrogens is 2. The fourth-order valence-corrected chi connectivity index (χ4v) is 3.05. The lowest BCUT2D eigenvalue weighted by molar-refractivity contribution is 0.0163. The fraction of sp³-hybridized carbons (Fsp3) is 0.632. The fourth-order valence-electron chi connectivity index (χ4n) is 3.05. The second-order valence-electron chi connectivity index (χ2n) is 7.80. The van der Waals surface area contributed by atoms with Crippen LogP contribution in [0.15, 0.2) is 10.6 Å². The Labute approximate surface area is 147 Å². The van der Waals surface area contributed by atoms with E-state index in [1.807, 2.05) is 6.92 Å². The van der Waals surface area contributed by atoms with Crippen molar-refractivity contribution in [2.45, 2.75) is 59.5 Å². The molecular formula is C19H26N2O4. The van der Waals surface area contributed by atoms with E-state index < -0.39 is 0 Å². The van der Waals surface area contributed by atoms with Crippen molar-refractivity contribution in [1.29, 1.82) is 0 Å². The van der Waals surface area contributed by atoms with E-state index in [9.17, 15) is 4.79 Å². The van der Waals surface area contributed by atoms with Crippen molar-refractivity contribution in [3.05, 3.63) is 23.0 Å². The Kier molecular flexibility index (Phi) is 5.08. The van der Waals surface area contributed by atoms with Crippen molar-refractivity contribution in [3.8, 4) is 0 Å². The predicted molar refractivity (Wildman–Crippen MR) is 93.6 cm³/mol. The molecule has 0 bridgehead atoms. The molecule has 0 saturated carbocycles. The number of ether oxygens (including phenoxy) is 2. The van der Waals surface area contributed by atoms with Gasteiger partial charge in [0.25, 0.3) is 5.71 Å². The van der Waals surface area contributed by atoms with Crippen molar-refractivity contribution in [2.24, 2.45) is 5.41 Å². The van der Waals surface area contributed by atoms with Crippen LogP contribution < -0.4 is 0 Å². The first-order valence-electron chi connectivity index (χ1n) is 8.94. The number of carbonyl (C=O) groups is 1. The molecule has 0 N–H and O–H groups in total. The maximum Gasteiger partial charge on any atom is 0.339 e. The number of aryl methyl sites for hydroxylation is 1. The van der Waals surface area contributed by atoms with Gasteiger partial charge in [0.05, 0.1) is 22.7 Å². The molecule has 25 heavy (non-hydrogen) atoms. The maximum absolute atomic E-state index is 12.7. The van der Waals surface area contributed by atoms with Crippen molar-refractivity contribution in [2.75, 3.05) is 13.2 Å². The second-order valence-corrected chi connectivity index (χ2v) is 7.80. The Morgan fingerprint density at radius 2 is 2.20 bits per heavy atom. The minimum absolute atomic E-state index is 0.00319. The summed E-state index contributed by atoms with van der Waals surface area (Å²) in [7, 11) is 0. The molecule has 136 valence electrons. The molecule has 6 nitrogen and oxygen atoms in total. The summed E-state index contributed by atoms with van der Waals surface area (Å²) in [5.74, 6) is -0.365. The topological polar surface area (TPSA) is 74.5 Å². The zero-order valence-corrected chi connectivity index (χ0v) is 15.4. The zero-order chi connectivity index (χ0) is 18.0. The van der Waals surface area contributed by atoms with Gasteiger partial charge in [0, 0.05) is 12.3 Å². The van der Waals surface area contributed by atoms with Gasteiger partial charge in [0.1, 0.15) is 6.61 Å². The summed E-state index contributed by atoms with van der Waals surface area (Å²) in [4.78, 5) is 17.2. The van der Waals surface area contributed by atoms with Crippen LogP contribution >= 0.6 is 0 Å². The first-order chi connectivity index (χ1) is 11.9. The molecule has 1 aliphatic heterocycles. The van der Waals surface area contributed by atoms with Crippen LogP contribution in [0, 0.1) is 5.41 Å².